The van der Waals surface area contributed by atoms with Crippen molar-refractivity contribution in [1.29, 1.82) is 0 Å². The Labute approximate surface area is 94.7 Å². The lowest BCUT2D eigenvalue weighted by molar-refractivity contribution is 0.869. The second-order valence-corrected chi connectivity index (χ2v) is 4.10. The molecule has 0 bridgehead atoms. The van der Waals surface area contributed by atoms with Gasteiger partial charge in [0.1, 0.15) is 3.70 Å². The van der Waals surface area contributed by atoms with Crippen molar-refractivity contribution in [2.24, 2.45) is 0 Å². The van der Waals surface area contributed by atoms with Crippen molar-refractivity contribution >= 4 is 34.2 Å². The predicted molar refractivity (Wildman–Crippen MR) is 61.3 cm³/mol. The molecule has 1 aromatic carbocycles. The minimum Gasteiger partial charge on any atom is -0.240 e. The molecule has 0 unspecified atom stereocenters. The summed E-state index contributed by atoms with van der Waals surface area (Å²) in [6.07, 6.45) is 1.92. The lowest BCUT2D eigenvalue weighted by Crippen LogP contribution is -1.93. The number of aromatic nitrogens is 2. The van der Waals surface area contributed by atoms with Crippen LogP contribution in [0.25, 0.3) is 5.69 Å². The van der Waals surface area contributed by atoms with Crippen LogP contribution in [0.1, 0.15) is 0 Å². The fraction of sp³-hybridized carbons (Fsp3) is 0. The zero-order valence-electron chi connectivity index (χ0n) is 6.61. The van der Waals surface area contributed by atoms with Gasteiger partial charge < -0.3 is 0 Å². The van der Waals surface area contributed by atoms with Crippen LogP contribution >= 0.6 is 34.2 Å². The Kier molecular flexibility index (Phi) is 2.55. The normalized spacial score (nSPS) is 10.3. The van der Waals surface area contributed by atoms with E-state index in [4.69, 9.17) is 11.6 Å². The van der Waals surface area contributed by atoms with Crippen LogP contribution in [0.4, 0.5) is 0 Å². The summed E-state index contributed by atoms with van der Waals surface area (Å²) in [5.41, 5.74) is 1.02. The average molecular weight is 305 g/mol. The minimum absolute atomic E-state index is 0.741. The molecule has 0 radical (unpaired) electrons. The van der Waals surface area contributed by atoms with Gasteiger partial charge in [-0.2, -0.15) is 5.10 Å². The lowest BCUT2D eigenvalue weighted by Gasteiger charge is -1.99. The first-order chi connectivity index (χ1) is 6.25. The highest BCUT2D eigenvalue weighted by Crippen LogP contribution is 2.13. The zero-order valence-corrected chi connectivity index (χ0v) is 9.53. The van der Waals surface area contributed by atoms with Gasteiger partial charge in [0.05, 0.1) is 5.69 Å². The van der Waals surface area contributed by atoms with Crippen LogP contribution in [0.15, 0.2) is 36.5 Å². The van der Waals surface area contributed by atoms with E-state index in [9.17, 15) is 0 Å². The summed E-state index contributed by atoms with van der Waals surface area (Å²) in [4.78, 5) is 0. The van der Waals surface area contributed by atoms with Crippen molar-refractivity contribution < 1.29 is 0 Å². The third-order valence-corrected chi connectivity index (χ3v) is 2.48. The first-order valence-electron chi connectivity index (χ1n) is 3.73. The van der Waals surface area contributed by atoms with Crippen molar-refractivity contribution in [1.82, 2.24) is 9.78 Å². The van der Waals surface area contributed by atoms with Gasteiger partial charge in [-0.15, -0.1) is 0 Å². The summed E-state index contributed by atoms with van der Waals surface area (Å²) in [7, 11) is 0. The molecule has 0 aliphatic rings. The van der Waals surface area contributed by atoms with Crippen molar-refractivity contribution in [3.8, 4) is 5.69 Å². The van der Waals surface area contributed by atoms with Gasteiger partial charge in [0, 0.05) is 11.2 Å². The van der Waals surface area contributed by atoms with E-state index in [1.807, 2.05) is 41.2 Å². The summed E-state index contributed by atoms with van der Waals surface area (Å²) in [5, 5.41) is 5.01. The van der Waals surface area contributed by atoms with Crippen LogP contribution < -0.4 is 0 Å². The van der Waals surface area contributed by atoms with Crippen LogP contribution in [0.3, 0.4) is 0 Å². The van der Waals surface area contributed by atoms with Crippen LogP contribution in [-0.2, 0) is 0 Å². The molecule has 0 spiro atoms. The highest BCUT2D eigenvalue weighted by molar-refractivity contribution is 14.1. The van der Waals surface area contributed by atoms with Gasteiger partial charge in [-0.3, -0.25) is 0 Å². The number of hydrogen-bond acceptors (Lipinski definition) is 1. The molecule has 0 amide bonds. The Hall–Kier alpha value is -0.550. The Morgan fingerprint density at radius 2 is 1.85 bits per heavy atom. The predicted octanol–water partition coefficient (Wildman–Crippen LogP) is 3.13. The summed E-state index contributed by atoms with van der Waals surface area (Å²) in [6.45, 7) is 0. The third kappa shape index (κ3) is 2.03. The number of nitrogens with zero attached hydrogens (tertiary/aromatic N) is 2. The number of hydrogen-bond donors (Lipinski definition) is 0. The van der Waals surface area contributed by atoms with E-state index >= 15 is 0 Å². The molecular formula is C9H6ClIN2. The van der Waals surface area contributed by atoms with E-state index in [2.05, 4.69) is 27.7 Å². The van der Waals surface area contributed by atoms with Crippen molar-refractivity contribution in [3.05, 3.63) is 45.3 Å². The first-order valence-corrected chi connectivity index (χ1v) is 5.18. The van der Waals surface area contributed by atoms with Gasteiger partial charge in [0.25, 0.3) is 0 Å². The first kappa shape index (κ1) is 9.02. The number of benzene rings is 1. The second kappa shape index (κ2) is 3.67. The van der Waals surface area contributed by atoms with Crippen LogP contribution in [0, 0.1) is 3.70 Å². The van der Waals surface area contributed by atoms with E-state index < -0.39 is 0 Å². The highest BCUT2D eigenvalue weighted by atomic mass is 127. The number of halogens is 2. The third-order valence-electron chi connectivity index (χ3n) is 1.65. The monoisotopic (exact) mass is 304 g/mol. The van der Waals surface area contributed by atoms with Gasteiger partial charge in [-0.05, 0) is 52.9 Å². The van der Waals surface area contributed by atoms with Gasteiger partial charge >= 0.3 is 0 Å². The molecule has 2 aromatic rings. The maximum atomic E-state index is 5.77. The molecule has 0 atom stereocenters. The van der Waals surface area contributed by atoms with E-state index in [0.29, 0.717) is 0 Å². The Morgan fingerprint density at radius 1 is 1.15 bits per heavy atom. The molecule has 0 saturated carbocycles. The summed E-state index contributed by atoms with van der Waals surface area (Å²) >= 11 is 7.95. The molecule has 1 heterocycles. The number of rotatable bonds is 1. The van der Waals surface area contributed by atoms with Gasteiger partial charge in [0.2, 0.25) is 0 Å². The molecule has 0 saturated heterocycles. The Bertz CT molecular complexity index is 408. The van der Waals surface area contributed by atoms with Crippen molar-refractivity contribution in [3.63, 3.8) is 0 Å². The quantitative estimate of drug-likeness (QED) is 0.740. The standard InChI is InChI=1S/C9H6ClIN2/c10-7-1-3-8(4-2-7)13-6-5-9(11)12-13/h1-6H. The summed E-state index contributed by atoms with van der Waals surface area (Å²) in [5.74, 6) is 0. The average Bonchev–Trinajstić information content (AvgIpc) is 2.53. The van der Waals surface area contributed by atoms with E-state index in [1.165, 1.54) is 0 Å². The Balaban J connectivity index is 2.41. The zero-order chi connectivity index (χ0) is 9.26. The molecule has 0 N–H and O–H groups in total. The minimum atomic E-state index is 0.741. The molecule has 66 valence electrons. The summed E-state index contributed by atoms with van der Waals surface area (Å²) < 4.78 is 2.80. The Morgan fingerprint density at radius 3 is 2.38 bits per heavy atom. The molecule has 0 aliphatic carbocycles. The molecule has 2 nitrogen and oxygen atoms in total. The maximum absolute atomic E-state index is 5.77. The fourth-order valence-electron chi connectivity index (χ4n) is 1.04. The molecule has 1 aromatic heterocycles. The molecule has 0 aliphatic heterocycles. The highest BCUT2D eigenvalue weighted by Gasteiger charge is 1.97. The van der Waals surface area contributed by atoms with Crippen molar-refractivity contribution in [2.75, 3.05) is 0 Å². The summed E-state index contributed by atoms with van der Waals surface area (Å²) in [6, 6.07) is 9.53. The van der Waals surface area contributed by atoms with Crippen LogP contribution in [0.2, 0.25) is 5.02 Å². The topological polar surface area (TPSA) is 17.8 Å². The van der Waals surface area contributed by atoms with Crippen LogP contribution in [0.5, 0.6) is 0 Å². The van der Waals surface area contributed by atoms with Gasteiger partial charge in [-0.25, -0.2) is 4.68 Å². The smallest absolute Gasteiger partial charge is 0.123 e. The fourth-order valence-corrected chi connectivity index (χ4v) is 1.56. The van der Waals surface area contributed by atoms with E-state index in [1.54, 1.807) is 0 Å². The maximum Gasteiger partial charge on any atom is 0.123 e. The second-order valence-electron chi connectivity index (χ2n) is 2.56. The molecule has 0 fully saturated rings. The largest absolute Gasteiger partial charge is 0.240 e. The SMILES string of the molecule is Clc1ccc(-n2ccc(I)n2)cc1. The molecular weight excluding hydrogens is 298 g/mol. The van der Waals surface area contributed by atoms with E-state index in [0.717, 1.165) is 14.4 Å². The lowest BCUT2D eigenvalue weighted by atomic mass is 10.3. The van der Waals surface area contributed by atoms with Crippen molar-refractivity contribution in [2.45, 2.75) is 0 Å². The van der Waals surface area contributed by atoms with Gasteiger partial charge in [0.15, 0.2) is 0 Å². The van der Waals surface area contributed by atoms with Gasteiger partial charge in [-0.1, -0.05) is 11.6 Å². The molecule has 2 rings (SSSR count). The van der Waals surface area contributed by atoms with E-state index in [-0.39, 0.29) is 0 Å². The molecule has 13 heavy (non-hydrogen) atoms. The van der Waals surface area contributed by atoms with Crippen LogP contribution in [-0.4, -0.2) is 9.78 Å². The molecule has 4 heteroatoms.